The molecule has 0 bridgehead atoms. The number of unbranched alkanes of at least 4 members (excludes halogenated alkanes) is 2. The summed E-state index contributed by atoms with van der Waals surface area (Å²) in [7, 11) is 0. The number of benzene rings is 1. The van der Waals surface area contributed by atoms with Crippen LogP contribution in [0.3, 0.4) is 0 Å². The summed E-state index contributed by atoms with van der Waals surface area (Å²) >= 11 is 3.43. The molecule has 0 heterocycles. The van der Waals surface area contributed by atoms with Crippen LogP contribution in [0.15, 0.2) is 40.9 Å². The van der Waals surface area contributed by atoms with Gasteiger partial charge < -0.3 is 4.74 Å². The minimum Gasteiger partial charge on any atom is -0.490 e. The predicted octanol–water partition coefficient (Wildman–Crippen LogP) is 6.77. The number of hydrogen-bond acceptors (Lipinski definition) is 1. The quantitative estimate of drug-likeness (QED) is 0.365. The fraction of sp³-hybridized carbons (Fsp3) is 0.600. The van der Waals surface area contributed by atoms with Gasteiger partial charge in [0.15, 0.2) is 0 Å². The molecule has 0 spiro atoms. The zero-order chi connectivity index (χ0) is 15.6. The fourth-order valence-corrected chi connectivity index (χ4v) is 3.54. The average Bonchev–Trinajstić information content (AvgIpc) is 2.55. The van der Waals surface area contributed by atoms with Gasteiger partial charge in [-0.1, -0.05) is 60.7 Å². The van der Waals surface area contributed by atoms with E-state index in [0.717, 1.165) is 22.1 Å². The van der Waals surface area contributed by atoms with E-state index in [0.29, 0.717) is 6.61 Å². The largest absolute Gasteiger partial charge is 0.490 e. The Hall–Kier alpha value is -0.760. The molecule has 1 nitrogen and oxygen atoms in total. The van der Waals surface area contributed by atoms with Gasteiger partial charge in [0.1, 0.15) is 12.4 Å². The van der Waals surface area contributed by atoms with Crippen LogP contribution >= 0.6 is 15.9 Å². The highest BCUT2D eigenvalue weighted by atomic mass is 79.9. The van der Waals surface area contributed by atoms with Crippen LogP contribution in [0.2, 0.25) is 0 Å². The maximum Gasteiger partial charge on any atom is 0.119 e. The van der Waals surface area contributed by atoms with Gasteiger partial charge in [0.05, 0.1) is 0 Å². The van der Waals surface area contributed by atoms with Gasteiger partial charge in [-0.3, -0.25) is 0 Å². The van der Waals surface area contributed by atoms with Crippen LogP contribution < -0.4 is 4.74 Å². The van der Waals surface area contributed by atoms with Crippen LogP contribution in [-0.4, -0.2) is 6.61 Å². The van der Waals surface area contributed by atoms with E-state index in [9.17, 15) is 0 Å². The Kier molecular flexibility index (Phi) is 8.07. The monoisotopic (exact) mass is 364 g/mol. The molecule has 2 heteroatoms. The summed E-state index contributed by atoms with van der Waals surface area (Å²) < 4.78 is 6.82. The van der Waals surface area contributed by atoms with Crippen LogP contribution in [0, 0.1) is 11.8 Å². The molecule has 0 N–H and O–H groups in total. The van der Waals surface area contributed by atoms with Crippen molar-refractivity contribution in [2.24, 2.45) is 11.8 Å². The van der Waals surface area contributed by atoms with E-state index in [1.807, 2.05) is 24.3 Å². The molecule has 0 unspecified atom stereocenters. The van der Waals surface area contributed by atoms with Gasteiger partial charge in [-0.25, -0.2) is 0 Å². The number of halogens is 1. The smallest absolute Gasteiger partial charge is 0.119 e. The van der Waals surface area contributed by atoms with Crippen molar-refractivity contribution in [3.63, 3.8) is 0 Å². The van der Waals surface area contributed by atoms with Crippen LogP contribution in [0.4, 0.5) is 0 Å². The van der Waals surface area contributed by atoms with Gasteiger partial charge in [-0.05, 0) is 61.8 Å². The van der Waals surface area contributed by atoms with Gasteiger partial charge in [-0.15, -0.1) is 0 Å². The molecule has 1 aliphatic carbocycles. The third kappa shape index (κ3) is 6.56. The second-order valence-corrected chi connectivity index (χ2v) is 7.39. The predicted molar refractivity (Wildman–Crippen MR) is 98.4 cm³/mol. The molecule has 0 amide bonds. The Morgan fingerprint density at radius 1 is 1.09 bits per heavy atom. The fourth-order valence-electron chi connectivity index (χ4n) is 3.28. The lowest BCUT2D eigenvalue weighted by Crippen LogP contribution is -2.13. The maximum atomic E-state index is 5.73. The van der Waals surface area contributed by atoms with E-state index in [1.54, 1.807) is 0 Å². The summed E-state index contributed by atoms with van der Waals surface area (Å²) in [5.74, 6) is 2.71. The normalized spacial score (nSPS) is 22.1. The Morgan fingerprint density at radius 2 is 1.82 bits per heavy atom. The molecule has 0 aromatic heterocycles. The highest BCUT2D eigenvalue weighted by molar-refractivity contribution is 9.10. The molecular weight excluding hydrogens is 336 g/mol. The van der Waals surface area contributed by atoms with Crippen molar-refractivity contribution in [2.45, 2.75) is 58.3 Å². The molecule has 1 aliphatic rings. The Labute approximate surface area is 144 Å². The van der Waals surface area contributed by atoms with Gasteiger partial charge in [0.25, 0.3) is 0 Å². The molecule has 1 aromatic rings. The minimum absolute atomic E-state index is 0.679. The number of rotatable bonds is 8. The summed E-state index contributed by atoms with van der Waals surface area (Å²) in [6.07, 6.45) is 15.8. The first-order chi connectivity index (χ1) is 10.8. The molecule has 0 aliphatic heterocycles. The van der Waals surface area contributed by atoms with Crippen molar-refractivity contribution in [1.82, 2.24) is 0 Å². The van der Waals surface area contributed by atoms with E-state index in [2.05, 4.69) is 35.0 Å². The third-order valence-electron chi connectivity index (χ3n) is 4.68. The zero-order valence-corrected chi connectivity index (χ0v) is 15.4. The molecule has 1 aromatic carbocycles. The van der Waals surface area contributed by atoms with Crippen LogP contribution in [0.5, 0.6) is 5.75 Å². The lowest BCUT2D eigenvalue weighted by Gasteiger charge is -2.26. The molecule has 22 heavy (non-hydrogen) atoms. The Balaban J connectivity index is 1.60. The Bertz CT molecular complexity index is 430. The minimum atomic E-state index is 0.679. The van der Waals surface area contributed by atoms with Gasteiger partial charge in [-0.2, -0.15) is 0 Å². The van der Waals surface area contributed by atoms with Crippen LogP contribution in [0.25, 0.3) is 0 Å². The van der Waals surface area contributed by atoms with E-state index < -0.39 is 0 Å². The summed E-state index contributed by atoms with van der Waals surface area (Å²) in [6, 6.07) is 8.02. The van der Waals surface area contributed by atoms with Gasteiger partial charge in [0, 0.05) is 4.47 Å². The first-order valence-corrected chi connectivity index (χ1v) is 9.62. The Morgan fingerprint density at radius 3 is 2.50 bits per heavy atom. The van der Waals surface area contributed by atoms with E-state index in [1.165, 1.54) is 51.4 Å². The number of ether oxygens (including phenoxy) is 1. The molecule has 1 fully saturated rings. The molecule has 0 saturated heterocycles. The molecule has 0 radical (unpaired) electrons. The van der Waals surface area contributed by atoms with Crippen molar-refractivity contribution < 1.29 is 4.74 Å². The standard InChI is InChI=1S/C20H29BrO/c1-2-3-4-6-17-8-10-18(11-9-17)7-5-16-22-20-14-12-19(21)13-15-20/h5,7,12-15,17-18H,2-4,6,8-11,16H2,1H3. The second-order valence-electron chi connectivity index (χ2n) is 6.47. The lowest BCUT2D eigenvalue weighted by molar-refractivity contribution is 0.288. The van der Waals surface area contributed by atoms with Gasteiger partial charge >= 0.3 is 0 Å². The molecule has 122 valence electrons. The average molecular weight is 365 g/mol. The highest BCUT2D eigenvalue weighted by Crippen LogP contribution is 2.32. The molecular formula is C20H29BrO. The molecule has 0 atom stereocenters. The van der Waals surface area contributed by atoms with Crippen molar-refractivity contribution in [1.29, 1.82) is 0 Å². The number of allylic oxidation sites excluding steroid dienone is 1. The summed E-state index contributed by atoms with van der Waals surface area (Å²) in [4.78, 5) is 0. The first-order valence-electron chi connectivity index (χ1n) is 8.83. The van der Waals surface area contributed by atoms with E-state index in [-0.39, 0.29) is 0 Å². The third-order valence-corrected chi connectivity index (χ3v) is 5.20. The van der Waals surface area contributed by atoms with Gasteiger partial charge in [0.2, 0.25) is 0 Å². The van der Waals surface area contributed by atoms with Crippen LogP contribution in [0.1, 0.15) is 58.3 Å². The van der Waals surface area contributed by atoms with Crippen molar-refractivity contribution in [2.75, 3.05) is 6.61 Å². The van der Waals surface area contributed by atoms with Crippen molar-refractivity contribution in [3.8, 4) is 5.75 Å². The second kappa shape index (κ2) is 10.1. The van der Waals surface area contributed by atoms with E-state index in [4.69, 9.17) is 4.74 Å². The van der Waals surface area contributed by atoms with Crippen LogP contribution in [-0.2, 0) is 0 Å². The number of hydrogen-bond donors (Lipinski definition) is 0. The summed E-state index contributed by atoms with van der Waals surface area (Å²) in [5, 5.41) is 0. The first kappa shape index (κ1) is 17.6. The molecule has 1 saturated carbocycles. The van der Waals surface area contributed by atoms with E-state index >= 15 is 0 Å². The maximum absolute atomic E-state index is 5.73. The molecule has 2 rings (SSSR count). The summed E-state index contributed by atoms with van der Waals surface area (Å²) in [5.41, 5.74) is 0. The highest BCUT2D eigenvalue weighted by Gasteiger charge is 2.18. The topological polar surface area (TPSA) is 9.23 Å². The lowest BCUT2D eigenvalue weighted by atomic mass is 9.79. The summed E-state index contributed by atoms with van der Waals surface area (Å²) in [6.45, 7) is 2.97. The van der Waals surface area contributed by atoms with Crippen molar-refractivity contribution in [3.05, 3.63) is 40.9 Å². The van der Waals surface area contributed by atoms with Crippen molar-refractivity contribution >= 4 is 15.9 Å². The zero-order valence-electron chi connectivity index (χ0n) is 13.8. The SMILES string of the molecule is CCCCCC1CCC(C=CCOc2ccc(Br)cc2)CC1.